The zero-order valence-electron chi connectivity index (χ0n) is 12.8. The number of aliphatic hydroxyl groups is 1. The second-order valence-corrected chi connectivity index (χ2v) is 5.98. The number of carbonyl (C=O) groups excluding carboxylic acids is 1. The van der Waals surface area contributed by atoms with Gasteiger partial charge in [0.05, 0.1) is 18.4 Å². The molecule has 0 unspecified atom stereocenters. The summed E-state index contributed by atoms with van der Waals surface area (Å²) < 4.78 is 5.22. The van der Waals surface area contributed by atoms with E-state index in [0.29, 0.717) is 17.2 Å². The molecule has 2 heterocycles. The van der Waals surface area contributed by atoms with Crippen LogP contribution in [0.5, 0.6) is 0 Å². The van der Waals surface area contributed by atoms with Gasteiger partial charge in [0.1, 0.15) is 5.76 Å². The molecular weight excluding hydrogens is 278 g/mol. The second-order valence-electron chi connectivity index (χ2n) is 5.98. The molecule has 0 aliphatic carbocycles. The van der Waals surface area contributed by atoms with Crippen LogP contribution in [0.15, 0.2) is 41.0 Å². The molecule has 1 amide bonds. The number of aryl methyl sites for hydroxylation is 1. The van der Waals surface area contributed by atoms with Crippen molar-refractivity contribution < 1.29 is 14.3 Å². The molecule has 0 radical (unpaired) electrons. The predicted molar refractivity (Wildman–Crippen MR) is 83.5 cm³/mol. The molecule has 22 heavy (non-hydrogen) atoms. The van der Waals surface area contributed by atoms with Gasteiger partial charge in [0.25, 0.3) is 5.91 Å². The first-order valence-electron chi connectivity index (χ1n) is 7.69. The first kappa shape index (κ1) is 14.9. The van der Waals surface area contributed by atoms with E-state index in [4.69, 9.17) is 4.42 Å². The van der Waals surface area contributed by atoms with Crippen molar-refractivity contribution in [2.45, 2.75) is 26.4 Å². The molecule has 1 saturated heterocycles. The summed E-state index contributed by atoms with van der Waals surface area (Å²) in [6, 6.07) is 9.79. The number of likely N-dealkylation sites (tertiary alicyclic amines) is 1. The van der Waals surface area contributed by atoms with E-state index in [1.165, 1.54) is 5.56 Å². The van der Waals surface area contributed by atoms with Crippen molar-refractivity contribution in [3.05, 3.63) is 59.0 Å². The summed E-state index contributed by atoms with van der Waals surface area (Å²) in [5.74, 6) is 1.23. The lowest BCUT2D eigenvalue weighted by Crippen LogP contribution is -2.29. The highest BCUT2D eigenvalue weighted by Gasteiger charge is 2.28. The van der Waals surface area contributed by atoms with E-state index in [2.05, 4.69) is 6.07 Å². The molecule has 0 saturated carbocycles. The van der Waals surface area contributed by atoms with E-state index in [1.807, 2.05) is 30.0 Å². The van der Waals surface area contributed by atoms with E-state index >= 15 is 0 Å². The van der Waals surface area contributed by atoms with Gasteiger partial charge in [-0.05, 0) is 42.9 Å². The zero-order chi connectivity index (χ0) is 15.5. The molecule has 1 aliphatic rings. The van der Waals surface area contributed by atoms with Gasteiger partial charge in [0, 0.05) is 13.1 Å². The molecule has 4 heteroatoms. The van der Waals surface area contributed by atoms with Crippen LogP contribution >= 0.6 is 0 Å². The van der Waals surface area contributed by atoms with Crippen molar-refractivity contribution in [1.82, 2.24) is 4.90 Å². The third kappa shape index (κ3) is 3.07. The minimum absolute atomic E-state index is 0.0675. The van der Waals surface area contributed by atoms with Gasteiger partial charge < -0.3 is 14.4 Å². The Labute approximate surface area is 130 Å². The highest BCUT2D eigenvalue weighted by Crippen LogP contribution is 2.24. The van der Waals surface area contributed by atoms with Gasteiger partial charge in [-0.25, -0.2) is 0 Å². The van der Waals surface area contributed by atoms with Gasteiger partial charge in [-0.2, -0.15) is 0 Å². The molecule has 0 bridgehead atoms. The van der Waals surface area contributed by atoms with Crippen molar-refractivity contribution in [1.29, 1.82) is 0 Å². The molecule has 1 atom stereocenters. The van der Waals surface area contributed by atoms with Crippen molar-refractivity contribution >= 4 is 5.91 Å². The van der Waals surface area contributed by atoms with Crippen molar-refractivity contribution in [3.8, 4) is 0 Å². The van der Waals surface area contributed by atoms with Gasteiger partial charge in [0.15, 0.2) is 0 Å². The normalized spacial score (nSPS) is 17.9. The average Bonchev–Trinajstić information content (AvgIpc) is 3.16. The van der Waals surface area contributed by atoms with Crippen molar-refractivity contribution in [2.24, 2.45) is 5.92 Å². The van der Waals surface area contributed by atoms with Gasteiger partial charge in [-0.15, -0.1) is 0 Å². The highest BCUT2D eigenvalue weighted by molar-refractivity contribution is 5.95. The lowest BCUT2D eigenvalue weighted by molar-refractivity contribution is 0.0785. The molecular formula is C18H21NO3. The molecule has 1 N–H and O–H groups in total. The third-order valence-electron chi connectivity index (χ3n) is 4.36. The van der Waals surface area contributed by atoms with Gasteiger partial charge in [0.2, 0.25) is 0 Å². The lowest BCUT2D eigenvalue weighted by atomic mass is 9.97. The Kier molecular flexibility index (Phi) is 4.29. The minimum atomic E-state index is 0.0675. The number of aliphatic hydroxyl groups excluding tert-OH is 1. The molecule has 1 aromatic carbocycles. The van der Waals surface area contributed by atoms with Crippen molar-refractivity contribution in [3.63, 3.8) is 0 Å². The topological polar surface area (TPSA) is 53.7 Å². The summed E-state index contributed by atoms with van der Waals surface area (Å²) in [5.41, 5.74) is 2.84. The summed E-state index contributed by atoms with van der Waals surface area (Å²) in [4.78, 5) is 14.4. The smallest absolute Gasteiger partial charge is 0.257 e. The number of nitrogens with zero attached hydrogens (tertiary/aromatic N) is 1. The van der Waals surface area contributed by atoms with Crippen LogP contribution in [0.25, 0.3) is 0 Å². The Morgan fingerprint density at radius 2 is 2.18 bits per heavy atom. The quantitative estimate of drug-likeness (QED) is 0.944. The van der Waals surface area contributed by atoms with Crippen LogP contribution in [0.2, 0.25) is 0 Å². The zero-order valence-corrected chi connectivity index (χ0v) is 12.8. The van der Waals surface area contributed by atoms with E-state index in [-0.39, 0.29) is 12.5 Å². The number of carbonyl (C=O) groups is 1. The van der Waals surface area contributed by atoms with E-state index in [0.717, 1.165) is 31.5 Å². The standard InChI is InChI=1S/C18H21NO3/c1-13-17(6-8-22-13)18(21)19-7-5-15(11-19)9-14-3-2-4-16(10-14)12-20/h2-4,6,8,10,15,20H,5,7,9,11-12H2,1H3/t15-/m0/s1. The van der Waals surface area contributed by atoms with Crippen LogP contribution in [-0.2, 0) is 13.0 Å². The van der Waals surface area contributed by atoms with E-state index < -0.39 is 0 Å². The molecule has 3 rings (SSSR count). The number of hydrogen-bond donors (Lipinski definition) is 1. The molecule has 1 fully saturated rings. The maximum atomic E-state index is 12.5. The summed E-state index contributed by atoms with van der Waals surface area (Å²) in [7, 11) is 0. The Morgan fingerprint density at radius 3 is 2.91 bits per heavy atom. The van der Waals surface area contributed by atoms with Gasteiger partial charge >= 0.3 is 0 Å². The van der Waals surface area contributed by atoms with Crippen LogP contribution in [0, 0.1) is 12.8 Å². The monoisotopic (exact) mass is 299 g/mol. The summed E-state index contributed by atoms with van der Waals surface area (Å²) >= 11 is 0. The maximum Gasteiger partial charge on any atom is 0.257 e. The number of rotatable bonds is 4. The van der Waals surface area contributed by atoms with Gasteiger partial charge in [-0.3, -0.25) is 4.79 Å². The van der Waals surface area contributed by atoms with E-state index in [9.17, 15) is 9.90 Å². The number of benzene rings is 1. The fourth-order valence-electron chi connectivity index (χ4n) is 3.15. The largest absolute Gasteiger partial charge is 0.469 e. The SMILES string of the molecule is Cc1occc1C(=O)N1CC[C@@H](Cc2cccc(CO)c2)C1. The predicted octanol–water partition coefficient (Wildman–Crippen LogP) is 2.79. The lowest BCUT2D eigenvalue weighted by Gasteiger charge is -2.16. The van der Waals surface area contributed by atoms with Crippen LogP contribution in [0.1, 0.15) is 33.7 Å². The highest BCUT2D eigenvalue weighted by atomic mass is 16.3. The molecule has 1 aromatic heterocycles. The Balaban J connectivity index is 1.62. The molecule has 116 valence electrons. The number of furan rings is 1. The number of amides is 1. The minimum Gasteiger partial charge on any atom is -0.469 e. The molecule has 2 aromatic rings. The van der Waals surface area contributed by atoms with E-state index in [1.54, 1.807) is 12.3 Å². The second kappa shape index (κ2) is 6.36. The third-order valence-corrected chi connectivity index (χ3v) is 4.36. The van der Waals surface area contributed by atoms with Crippen LogP contribution in [0.4, 0.5) is 0 Å². The van der Waals surface area contributed by atoms with Crippen LogP contribution in [0.3, 0.4) is 0 Å². The Bertz CT molecular complexity index is 662. The first-order valence-corrected chi connectivity index (χ1v) is 7.69. The Hall–Kier alpha value is -2.07. The summed E-state index contributed by atoms with van der Waals surface area (Å²) in [5, 5.41) is 9.21. The molecule has 1 aliphatic heterocycles. The fraction of sp³-hybridized carbons (Fsp3) is 0.389. The maximum absolute atomic E-state index is 12.5. The van der Waals surface area contributed by atoms with Crippen LogP contribution in [-0.4, -0.2) is 29.0 Å². The van der Waals surface area contributed by atoms with Crippen molar-refractivity contribution in [2.75, 3.05) is 13.1 Å². The number of hydrogen-bond acceptors (Lipinski definition) is 3. The molecule has 0 spiro atoms. The average molecular weight is 299 g/mol. The van der Waals surface area contributed by atoms with Gasteiger partial charge in [-0.1, -0.05) is 24.3 Å². The Morgan fingerprint density at radius 1 is 1.36 bits per heavy atom. The summed E-state index contributed by atoms with van der Waals surface area (Å²) in [6.45, 7) is 3.48. The fourth-order valence-corrected chi connectivity index (χ4v) is 3.15. The molecule has 4 nitrogen and oxygen atoms in total. The summed E-state index contributed by atoms with van der Waals surface area (Å²) in [6.07, 6.45) is 3.53. The first-order chi connectivity index (χ1) is 10.7. The van der Waals surface area contributed by atoms with Crippen LogP contribution < -0.4 is 0 Å².